The number of hydrogen-bond acceptors (Lipinski definition) is 2. The van der Waals surface area contributed by atoms with Gasteiger partial charge in [0, 0.05) is 33.5 Å². The third kappa shape index (κ3) is 3.03. The summed E-state index contributed by atoms with van der Waals surface area (Å²) < 4.78 is 3.78. The molecule has 2 aromatic rings. The van der Waals surface area contributed by atoms with E-state index in [1.165, 1.54) is 5.56 Å². The number of rotatable bonds is 4. The first-order chi connectivity index (χ1) is 8.60. The third-order valence-electron chi connectivity index (χ3n) is 2.50. The first-order valence-corrected chi connectivity index (χ1v) is 7.04. The summed E-state index contributed by atoms with van der Waals surface area (Å²) >= 11 is 7.12. The van der Waals surface area contributed by atoms with Crippen molar-refractivity contribution in [3.05, 3.63) is 51.2 Å². The van der Waals surface area contributed by atoms with E-state index in [0.29, 0.717) is 6.54 Å². The van der Waals surface area contributed by atoms with Crippen LogP contribution in [0, 0.1) is 6.92 Å². The van der Waals surface area contributed by atoms with Crippen LogP contribution < -0.4 is 5.32 Å². The Morgan fingerprint density at radius 3 is 2.61 bits per heavy atom. The molecular weight excluding hydrogens is 358 g/mol. The summed E-state index contributed by atoms with van der Waals surface area (Å²) in [6.07, 6.45) is 5.43. The minimum Gasteiger partial charge on any atom is -0.379 e. The lowest BCUT2D eigenvalue weighted by molar-refractivity contribution is 0.936. The molecule has 2 rings (SSSR count). The van der Waals surface area contributed by atoms with Gasteiger partial charge < -0.3 is 5.32 Å². The van der Waals surface area contributed by atoms with Crippen LogP contribution in [0.25, 0.3) is 6.20 Å². The maximum absolute atomic E-state index is 4.14. The monoisotopic (exact) mass is 369 g/mol. The Kier molecular flexibility index (Phi) is 4.24. The molecule has 0 radical (unpaired) electrons. The molecule has 1 heterocycles. The average Bonchev–Trinajstić information content (AvgIpc) is 2.75. The fourth-order valence-electron chi connectivity index (χ4n) is 1.63. The maximum Gasteiger partial charge on any atom is 0.0631 e. The van der Waals surface area contributed by atoms with Crippen molar-refractivity contribution in [2.45, 2.75) is 13.5 Å². The molecule has 5 heteroatoms. The summed E-state index contributed by atoms with van der Waals surface area (Å²) in [5, 5.41) is 7.52. The lowest BCUT2D eigenvalue weighted by Gasteiger charge is -2.10. The van der Waals surface area contributed by atoms with Crippen LogP contribution in [0.5, 0.6) is 0 Å². The van der Waals surface area contributed by atoms with E-state index < -0.39 is 0 Å². The van der Waals surface area contributed by atoms with Crippen LogP contribution in [0.15, 0.2) is 40.1 Å². The standard InChI is InChI=1S/C13H13Br2N3/c1-3-18-8-10(7-17-18)6-16-13-11(14)4-9(2)5-12(13)15/h3-5,7-8,16H,1,6H2,2H3. The predicted octanol–water partition coefficient (Wildman–Crippen LogP) is 4.43. The molecule has 0 saturated carbocycles. The number of anilines is 1. The van der Waals surface area contributed by atoms with E-state index in [9.17, 15) is 0 Å². The number of aryl methyl sites for hydroxylation is 1. The van der Waals surface area contributed by atoms with Crippen LogP contribution in [-0.2, 0) is 6.54 Å². The normalized spacial score (nSPS) is 10.4. The molecule has 94 valence electrons. The number of halogens is 2. The first kappa shape index (κ1) is 13.4. The Hall–Kier alpha value is -1.07. The molecule has 1 N–H and O–H groups in total. The van der Waals surface area contributed by atoms with Crippen molar-refractivity contribution in [1.82, 2.24) is 9.78 Å². The van der Waals surface area contributed by atoms with E-state index >= 15 is 0 Å². The lowest BCUT2D eigenvalue weighted by Crippen LogP contribution is -2.00. The van der Waals surface area contributed by atoms with Crippen molar-refractivity contribution >= 4 is 43.7 Å². The molecule has 3 nitrogen and oxygen atoms in total. The quantitative estimate of drug-likeness (QED) is 0.862. The van der Waals surface area contributed by atoms with Crippen LogP contribution >= 0.6 is 31.9 Å². The zero-order valence-electron chi connectivity index (χ0n) is 9.95. The van der Waals surface area contributed by atoms with Gasteiger partial charge in [-0.2, -0.15) is 5.10 Å². The third-order valence-corrected chi connectivity index (χ3v) is 3.75. The summed E-state index contributed by atoms with van der Waals surface area (Å²) in [6.45, 7) is 6.44. The topological polar surface area (TPSA) is 29.9 Å². The molecule has 0 atom stereocenters. The van der Waals surface area contributed by atoms with Crippen LogP contribution in [0.3, 0.4) is 0 Å². The molecule has 0 fully saturated rings. The average molecular weight is 371 g/mol. The predicted molar refractivity (Wildman–Crippen MR) is 82.5 cm³/mol. The Morgan fingerprint density at radius 2 is 2.06 bits per heavy atom. The van der Waals surface area contributed by atoms with E-state index in [4.69, 9.17) is 0 Å². The van der Waals surface area contributed by atoms with Gasteiger partial charge in [0.25, 0.3) is 0 Å². The molecule has 0 bridgehead atoms. The van der Waals surface area contributed by atoms with E-state index in [1.54, 1.807) is 10.9 Å². The van der Waals surface area contributed by atoms with Gasteiger partial charge in [0.05, 0.1) is 11.9 Å². The Balaban J connectivity index is 2.12. The molecule has 0 unspecified atom stereocenters. The fraction of sp³-hybridized carbons (Fsp3) is 0.154. The smallest absolute Gasteiger partial charge is 0.0631 e. The van der Waals surface area contributed by atoms with Gasteiger partial charge in [0.15, 0.2) is 0 Å². The Labute approximate surface area is 123 Å². The number of hydrogen-bond donors (Lipinski definition) is 1. The molecule has 0 amide bonds. The second-order valence-electron chi connectivity index (χ2n) is 3.97. The van der Waals surface area contributed by atoms with Crippen molar-refractivity contribution in [3.63, 3.8) is 0 Å². The summed E-state index contributed by atoms with van der Waals surface area (Å²) in [6, 6.07) is 4.17. The van der Waals surface area contributed by atoms with Crippen molar-refractivity contribution < 1.29 is 0 Å². The van der Waals surface area contributed by atoms with E-state index in [1.807, 2.05) is 12.4 Å². The molecule has 0 aliphatic heterocycles. The molecule has 1 aromatic heterocycles. The van der Waals surface area contributed by atoms with Gasteiger partial charge in [-0.25, -0.2) is 4.68 Å². The number of nitrogens with zero attached hydrogens (tertiary/aromatic N) is 2. The minimum absolute atomic E-state index is 0.716. The van der Waals surface area contributed by atoms with Gasteiger partial charge in [-0.15, -0.1) is 0 Å². The highest BCUT2D eigenvalue weighted by Gasteiger charge is 2.06. The van der Waals surface area contributed by atoms with E-state index in [0.717, 1.165) is 20.2 Å². The zero-order chi connectivity index (χ0) is 13.1. The van der Waals surface area contributed by atoms with Crippen LogP contribution in [0.1, 0.15) is 11.1 Å². The minimum atomic E-state index is 0.716. The summed E-state index contributed by atoms with van der Waals surface area (Å²) in [5.74, 6) is 0. The number of aromatic nitrogens is 2. The second kappa shape index (κ2) is 5.71. The van der Waals surface area contributed by atoms with Crippen molar-refractivity contribution in [3.8, 4) is 0 Å². The molecule has 0 aliphatic rings. The molecule has 18 heavy (non-hydrogen) atoms. The zero-order valence-corrected chi connectivity index (χ0v) is 13.1. The van der Waals surface area contributed by atoms with Gasteiger partial charge in [-0.3, -0.25) is 0 Å². The molecule has 0 spiro atoms. The molecular formula is C13H13Br2N3. The highest BCUT2D eigenvalue weighted by molar-refractivity contribution is 9.11. The largest absolute Gasteiger partial charge is 0.379 e. The summed E-state index contributed by atoms with van der Waals surface area (Å²) in [4.78, 5) is 0. The number of nitrogens with one attached hydrogen (secondary N) is 1. The van der Waals surface area contributed by atoms with Gasteiger partial charge in [0.2, 0.25) is 0 Å². The second-order valence-corrected chi connectivity index (χ2v) is 5.68. The number of benzene rings is 1. The van der Waals surface area contributed by atoms with Gasteiger partial charge in [-0.1, -0.05) is 6.58 Å². The lowest BCUT2D eigenvalue weighted by atomic mass is 10.2. The highest BCUT2D eigenvalue weighted by Crippen LogP contribution is 2.32. The SMILES string of the molecule is C=Cn1cc(CNc2c(Br)cc(C)cc2Br)cn1. The maximum atomic E-state index is 4.14. The van der Waals surface area contributed by atoms with E-state index in [2.05, 4.69) is 67.9 Å². The van der Waals surface area contributed by atoms with Crippen LogP contribution in [0.4, 0.5) is 5.69 Å². The molecule has 0 aliphatic carbocycles. The molecule has 1 aromatic carbocycles. The molecule has 0 saturated heterocycles. The van der Waals surface area contributed by atoms with Crippen molar-refractivity contribution in [2.24, 2.45) is 0 Å². The van der Waals surface area contributed by atoms with Gasteiger partial charge in [-0.05, 0) is 56.5 Å². The summed E-state index contributed by atoms with van der Waals surface area (Å²) in [7, 11) is 0. The van der Waals surface area contributed by atoms with Gasteiger partial charge >= 0.3 is 0 Å². The van der Waals surface area contributed by atoms with Crippen molar-refractivity contribution in [2.75, 3.05) is 5.32 Å². The summed E-state index contributed by atoms with van der Waals surface area (Å²) in [5.41, 5.74) is 3.36. The Bertz CT molecular complexity index is 552. The highest BCUT2D eigenvalue weighted by atomic mass is 79.9. The fourth-order valence-corrected chi connectivity index (χ4v) is 3.32. The van der Waals surface area contributed by atoms with Crippen LogP contribution in [-0.4, -0.2) is 9.78 Å². The van der Waals surface area contributed by atoms with Crippen molar-refractivity contribution in [1.29, 1.82) is 0 Å². The van der Waals surface area contributed by atoms with E-state index in [-0.39, 0.29) is 0 Å². The first-order valence-electron chi connectivity index (χ1n) is 5.45. The van der Waals surface area contributed by atoms with Gasteiger partial charge in [0.1, 0.15) is 0 Å². The van der Waals surface area contributed by atoms with Crippen LogP contribution in [0.2, 0.25) is 0 Å². The Morgan fingerprint density at radius 1 is 1.39 bits per heavy atom.